The fraction of sp³-hybridized carbons (Fsp3) is 0.318. The predicted molar refractivity (Wildman–Crippen MR) is 117 cm³/mol. The van der Waals surface area contributed by atoms with Gasteiger partial charge in [-0.3, -0.25) is 14.0 Å². The van der Waals surface area contributed by atoms with Gasteiger partial charge in [0, 0.05) is 12.5 Å². The highest BCUT2D eigenvalue weighted by atomic mass is 32.1. The summed E-state index contributed by atoms with van der Waals surface area (Å²) in [5, 5.41) is 9.55. The number of thiophene rings is 1. The number of hydrogen-bond donors (Lipinski definition) is 1. The van der Waals surface area contributed by atoms with Crippen LogP contribution in [-0.2, 0) is 24.2 Å². The molecule has 0 radical (unpaired) electrons. The lowest BCUT2D eigenvalue weighted by molar-refractivity contribution is -0.122. The van der Waals surface area contributed by atoms with Gasteiger partial charge in [0.15, 0.2) is 0 Å². The van der Waals surface area contributed by atoms with E-state index in [1.807, 2.05) is 54.0 Å². The molecule has 150 valence electrons. The van der Waals surface area contributed by atoms with E-state index in [0.717, 1.165) is 28.9 Å². The molecule has 0 fully saturated rings. The molecule has 3 aromatic heterocycles. The van der Waals surface area contributed by atoms with Crippen molar-refractivity contribution in [2.24, 2.45) is 0 Å². The molecule has 0 aliphatic heterocycles. The third-order valence-electron chi connectivity index (χ3n) is 5.16. The molecule has 29 heavy (non-hydrogen) atoms. The monoisotopic (exact) mass is 408 g/mol. The lowest BCUT2D eigenvalue weighted by Crippen LogP contribution is -2.40. The van der Waals surface area contributed by atoms with Gasteiger partial charge in [-0.25, -0.2) is 4.68 Å². The molecule has 7 heteroatoms. The average Bonchev–Trinajstić information content (AvgIpc) is 3.32. The van der Waals surface area contributed by atoms with Crippen molar-refractivity contribution >= 4 is 33.0 Å². The highest BCUT2D eigenvalue weighted by Crippen LogP contribution is 2.24. The van der Waals surface area contributed by atoms with Crippen LogP contribution in [0.25, 0.3) is 15.7 Å². The Kier molecular flexibility index (Phi) is 5.49. The molecule has 0 aliphatic carbocycles. The summed E-state index contributed by atoms with van der Waals surface area (Å²) in [6.45, 7) is 3.97. The Morgan fingerprint density at radius 2 is 1.97 bits per heavy atom. The molecule has 4 aromatic rings. The predicted octanol–water partition coefficient (Wildman–Crippen LogP) is 3.41. The van der Waals surface area contributed by atoms with E-state index in [9.17, 15) is 9.59 Å². The van der Waals surface area contributed by atoms with Crippen LogP contribution in [0.1, 0.15) is 31.7 Å². The Hall–Kier alpha value is -2.93. The van der Waals surface area contributed by atoms with Gasteiger partial charge in [0.2, 0.25) is 5.91 Å². The Morgan fingerprint density at radius 1 is 1.17 bits per heavy atom. The van der Waals surface area contributed by atoms with Crippen LogP contribution in [0.4, 0.5) is 0 Å². The molecule has 1 N–H and O–H groups in total. The molecule has 3 heterocycles. The summed E-state index contributed by atoms with van der Waals surface area (Å²) in [6, 6.07) is 14.0. The first-order chi connectivity index (χ1) is 14.1. The molecule has 0 spiro atoms. The van der Waals surface area contributed by atoms with Crippen LogP contribution in [0.15, 0.2) is 52.6 Å². The summed E-state index contributed by atoms with van der Waals surface area (Å²) in [5.41, 5.74) is 2.51. The van der Waals surface area contributed by atoms with E-state index in [1.54, 1.807) is 11.3 Å². The van der Waals surface area contributed by atoms with E-state index >= 15 is 0 Å². The summed E-state index contributed by atoms with van der Waals surface area (Å²) in [4.78, 5) is 25.6. The van der Waals surface area contributed by atoms with Crippen LogP contribution in [-0.4, -0.2) is 26.1 Å². The maximum atomic E-state index is 13.0. The second-order valence-corrected chi connectivity index (χ2v) is 8.08. The smallest absolute Gasteiger partial charge is 0.291 e. The van der Waals surface area contributed by atoms with Gasteiger partial charge in [0.05, 0.1) is 10.2 Å². The minimum absolute atomic E-state index is 0.0219. The number of nitrogens with zero attached hydrogens (tertiary/aromatic N) is 3. The quantitative estimate of drug-likeness (QED) is 0.510. The maximum absolute atomic E-state index is 13.0. The molecule has 4 rings (SSSR count). The Bertz CT molecular complexity index is 1210. The van der Waals surface area contributed by atoms with E-state index in [4.69, 9.17) is 0 Å². The average molecular weight is 409 g/mol. The van der Waals surface area contributed by atoms with Gasteiger partial charge in [-0.1, -0.05) is 44.2 Å². The van der Waals surface area contributed by atoms with Crippen molar-refractivity contribution in [3.8, 4) is 0 Å². The molecular formula is C22H24N4O2S. The van der Waals surface area contributed by atoms with Crippen LogP contribution in [0.3, 0.4) is 0 Å². The summed E-state index contributed by atoms with van der Waals surface area (Å²) in [7, 11) is 0. The number of benzene rings is 1. The zero-order valence-electron chi connectivity index (χ0n) is 16.6. The fourth-order valence-electron chi connectivity index (χ4n) is 3.66. The SMILES string of the molecule is CCc1nn(CC(=O)N[C@@H](CC)Cc2ccccc2)c(=O)c2cc3sccc3n12. The van der Waals surface area contributed by atoms with E-state index in [1.165, 1.54) is 10.2 Å². The normalized spacial score (nSPS) is 12.5. The standard InChI is InChI=1S/C22H24N4O2S/c1-3-16(12-15-8-6-5-7-9-15)23-21(27)14-25-22(28)18-13-19-17(10-11-29-19)26(18)20(4-2)24-25/h5-11,13,16H,3-4,12,14H2,1-2H3,(H,23,27)/t16-/m0/s1. The van der Waals surface area contributed by atoms with Crippen molar-refractivity contribution in [3.05, 3.63) is 69.6 Å². The van der Waals surface area contributed by atoms with Crippen molar-refractivity contribution in [2.45, 2.75) is 45.7 Å². The van der Waals surface area contributed by atoms with Crippen molar-refractivity contribution in [3.63, 3.8) is 0 Å². The number of aryl methyl sites for hydroxylation is 1. The second kappa shape index (κ2) is 8.21. The minimum atomic E-state index is -0.239. The zero-order chi connectivity index (χ0) is 20.4. The Morgan fingerprint density at radius 3 is 2.69 bits per heavy atom. The molecule has 1 amide bonds. The minimum Gasteiger partial charge on any atom is -0.351 e. The second-order valence-electron chi connectivity index (χ2n) is 7.13. The first-order valence-corrected chi connectivity index (χ1v) is 10.8. The summed E-state index contributed by atoms with van der Waals surface area (Å²) in [6.07, 6.45) is 2.25. The lowest BCUT2D eigenvalue weighted by atomic mass is 10.0. The highest BCUT2D eigenvalue weighted by Gasteiger charge is 2.17. The van der Waals surface area contributed by atoms with Crippen LogP contribution in [0.5, 0.6) is 0 Å². The van der Waals surface area contributed by atoms with Gasteiger partial charge in [-0.05, 0) is 35.9 Å². The molecule has 0 aliphatic rings. The summed E-state index contributed by atoms with van der Waals surface area (Å²) >= 11 is 1.60. The molecule has 0 bridgehead atoms. The van der Waals surface area contributed by atoms with E-state index < -0.39 is 0 Å². The highest BCUT2D eigenvalue weighted by molar-refractivity contribution is 7.17. The van der Waals surface area contributed by atoms with Crippen LogP contribution < -0.4 is 10.9 Å². The van der Waals surface area contributed by atoms with Crippen LogP contribution in [0, 0.1) is 0 Å². The van der Waals surface area contributed by atoms with Gasteiger partial charge in [0.1, 0.15) is 17.9 Å². The van der Waals surface area contributed by atoms with Crippen LogP contribution in [0.2, 0.25) is 0 Å². The van der Waals surface area contributed by atoms with Gasteiger partial charge in [-0.15, -0.1) is 11.3 Å². The first-order valence-electron chi connectivity index (χ1n) is 9.92. The van der Waals surface area contributed by atoms with Crippen molar-refractivity contribution < 1.29 is 4.79 Å². The molecule has 6 nitrogen and oxygen atoms in total. The topological polar surface area (TPSA) is 68.4 Å². The van der Waals surface area contributed by atoms with Crippen molar-refractivity contribution in [1.29, 1.82) is 0 Å². The van der Waals surface area contributed by atoms with Crippen LogP contribution >= 0.6 is 11.3 Å². The molecule has 0 saturated carbocycles. The molecular weight excluding hydrogens is 384 g/mol. The van der Waals surface area contributed by atoms with Crippen molar-refractivity contribution in [2.75, 3.05) is 0 Å². The molecule has 0 saturated heterocycles. The number of rotatable bonds is 7. The van der Waals surface area contributed by atoms with Gasteiger partial charge >= 0.3 is 0 Å². The first kappa shape index (κ1) is 19.4. The fourth-order valence-corrected chi connectivity index (χ4v) is 4.47. The number of carbonyl (C=O) groups is 1. The molecule has 1 aromatic carbocycles. The summed E-state index contributed by atoms with van der Waals surface area (Å²) in [5.74, 6) is 0.583. The Labute approximate surface area is 172 Å². The third kappa shape index (κ3) is 3.82. The Balaban J connectivity index is 1.57. The van der Waals surface area contributed by atoms with E-state index in [2.05, 4.69) is 22.5 Å². The maximum Gasteiger partial charge on any atom is 0.291 e. The van der Waals surface area contributed by atoms with Crippen molar-refractivity contribution in [1.82, 2.24) is 19.5 Å². The number of amides is 1. The molecule has 1 atom stereocenters. The lowest BCUT2D eigenvalue weighted by Gasteiger charge is -2.17. The van der Waals surface area contributed by atoms with Gasteiger partial charge < -0.3 is 5.32 Å². The van der Waals surface area contributed by atoms with Gasteiger partial charge in [0.25, 0.3) is 5.56 Å². The number of fused-ring (bicyclic) bond motifs is 3. The molecule has 0 unspecified atom stereocenters. The van der Waals surface area contributed by atoms with E-state index in [-0.39, 0.29) is 24.1 Å². The third-order valence-corrected chi connectivity index (χ3v) is 6.02. The zero-order valence-corrected chi connectivity index (χ0v) is 17.4. The largest absolute Gasteiger partial charge is 0.351 e. The number of nitrogens with one attached hydrogen (secondary N) is 1. The number of aromatic nitrogens is 3. The number of hydrogen-bond acceptors (Lipinski definition) is 4. The van der Waals surface area contributed by atoms with Gasteiger partial charge in [-0.2, -0.15) is 5.10 Å². The summed E-state index contributed by atoms with van der Waals surface area (Å²) < 4.78 is 4.25. The van der Waals surface area contributed by atoms with E-state index in [0.29, 0.717) is 11.9 Å². The number of carbonyl (C=O) groups excluding carboxylic acids is 1.